The van der Waals surface area contributed by atoms with Gasteiger partial charge in [0.2, 0.25) is 0 Å². The maximum absolute atomic E-state index is 12.4. The van der Waals surface area contributed by atoms with E-state index in [0.717, 1.165) is 12.8 Å². The third kappa shape index (κ3) is 7.14. The molecule has 0 heterocycles. The summed E-state index contributed by atoms with van der Waals surface area (Å²) in [4.78, 5) is 28.6. The van der Waals surface area contributed by atoms with Crippen LogP contribution in [-0.4, -0.2) is 36.4 Å². The minimum Gasteiger partial charge on any atom is -0.466 e. The number of rotatable bonds is 8. The highest BCUT2D eigenvalue weighted by Gasteiger charge is 2.35. The zero-order chi connectivity index (χ0) is 17.3. The summed E-state index contributed by atoms with van der Waals surface area (Å²) in [7, 11) is 0. The van der Waals surface area contributed by atoms with Gasteiger partial charge in [0.05, 0.1) is 12.7 Å². The van der Waals surface area contributed by atoms with Crippen LogP contribution in [0.1, 0.15) is 72.6 Å². The van der Waals surface area contributed by atoms with Crippen molar-refractivity contribution in [1.29, 1.82) is 0 Å². The van der Waals surface area contributed by atoms with Gasteiger partial charge in [-0.2, -0.15) is 0 Å². The number of aliphatic imine (C=N–C) groups is 1. The predicted octanol–water partition coefficient (Wildman–Crippen LogP) is 3.69. The van der Waals surface area contributed by atoms with Crippen molar-refractivity contribution in [2.75, 3.05) is 6.61 Å². The maximum atomic E-state index is 12.4. The van der Waals surface area contributed by atoms with Gasteiger partial charge >= 0.3 is 11.9 Å². The summed E-state index contributed by atoms with van der Waals surface area (Å²) in [5.41, 5.74) is -1.02. The second-order valence-electron chi connectivity index (χ2n) is 6.71. The van der Waals surface area contributed by atoms with E-state index >= 15 is 0 Å². The van der Waals surface area contributed by atoms with Crippen LogP contribution in [0.2, 0.25) is 0 Å². The highest BCUT2D eigenvalue weighted by molar-refractivity contribution is 5.83. The van der Waals surface area contributed by atoms with Crippen molar-refractivity contribution >= 4 is 18.2 Å². The molecule has 0 aromatic heterocycles. The van der Waals surface area contributed by atoms with E-state index in [2.05, 4.69) is 4.99 Å². The van der Waals surface area contributed by atoms with Gasteiger partial charge < -0.3 is 9.47 Å². The summed E-state index contributed by atoms with van der Waals surface area (Å²) in [6.45, 7) is 7.49. The summed E-state index contributed by atoms with van der Waals surface area (Å²) in [5.74, 6) is -0.245. The van der Waals surface area contributed by atoms with E-state index in [1.54, 1.807) is 13.8 Å². The highest BCUT2D eigenvalue weighted by atomic mass is 16.5. The molecule has 5 heteroatoms. The van der Waals surface area contributed by atoms with Crippen molar-refractivity contribution < 1.29 is 19.1 Å². The van der Waals surface area contributed by atoms with E-state index in [4.69, 9.17) is 9.47 Å². The van der Waals surface area contributed by atoms with Crippen LogP contribution >= 0.6 is 0 Å². The summed E-state index contributed by atoms with van der Waals surface area (Å²) in [6.07, 6.45) is 8.13. The average molecular weight is 325 g/mol. The first kappa shape index (κ1) is 19.7. The Morgan fingerprint density at radius 3 is 2.48 bits per heavy atom. The van der Waals surface area contributed by atoms with Crippen molar-refractivity contribution in [3.63, 3.8) is 0 Å². The molecular formula is C18H31NO4. The molecule has 0 spiro atoms. The Labute approximate surface area is 139 Å². The molecule has 1 unspecified atom stereocenters. The zero-order valence-electron chi connectivity index (χ0n) is 15.0. The van der Waals surface area contributed by atoms with E-state index in [0.29, 0.717) is 18.9 Å². The van der Waals surface area contributed by atoms with Gasteiger partial charge in [-0.05, 0) is 52.9 Å². The molecule has 1 fully saturated rings. The van der Waals surface area contributed by atoms with Crippen molar-refractivity contribution in [2.45, 2.75) is 84.3 Å². The lowest BCUT2D eigenvalue weighted by Crippen LogP contribution is -2.38. The molecule has 132 valence electrons. The Balaban J connectivity index is 2.75. The first-order chi connectivity index (χ1) is 10.9. The van der Waals surface area contributed by atoms with Crippen LogP contribution in [-0.2, 0) is 19.1 Å². The van der Waals surface area contributed by atoms with Crippen LogP contribution in [0.5, 0.6) is 0 Å². The molecule has 0 aliphatic heterocycles. The quantitative estimate of drug-likeness (QED) is 0.504. The molecule has 0 aromatic rings. The molecular weight excluding hydrogens is 294 g/mol. The smallest absolute Gasteiger partial charge is 0.333 e. The third-order valence-corrected chi connectivity index (χ3v) is 4.12. The number of carbonyl (C=O) groups excluding carboxylic acids is 2. The third-order valence-electron chi connectivity index (χ3n) is 4.12. The van der Waals surface area contributed by atoms with Crippen molar-refractivity contribution in [3.05, 3.63) is 0 Å². The van der Waals surface area contributed by atoms with Crippen molar-refractivity contribution in [3.8, 4) is 0 Å². The fraction of sp³-hybridized carbons (Fsp3) is 0.833. The van der Waals surface area contributed by atoms with Gasteiger partial charge in [0.25, 0.3) is 0 Å². The first-order valence-electron chi connectivity index (χ1n) is 8.79. The fourth-order valence-electron chi connectivity index (χ4n) is 2.69. The summed E-state index contributed by atoms with van der Waals surface area (Å²) in [5, 5.41) is 0. The van der Waals surface area contributed by atoms with E-state index in [1.165, 1.54) is 19.3 Å². The Morgan fingerprint density at radius 2 is 1.91 bits per heavy atom. The molecule has 23 heavy (non-hydrogen) atoms. The molecule has 1 atom stereocenters. The normalized spacial score (nSPS) is 18.8. The largest absolute Gasteiger partial charge is 0.466 e. The van der Waals surface area contributed by atoms with Crippen LogP contribution in [0.25, 0.3) is 0 Å². The molecule has 0 N–H and O–H groups in total. The van der Waals surface area contributed by atoms with E-state index in [9.17, 15) is 9.59 Å². The van der Waals surface area contributed by atoms with E-state index in [-0.39, 0.29) is 24.5 Å². The molecule has 0 saturated heterocycles. The zero-order valence-corrected chi connectivity index (χ0v) is 15.0. The van der Waals surface area contributed by atoms with Gasteiger partial charge in [-0.1, -0.05) is 19.3 Å². The number of nitrogens with zero attached hydrogens (tertiary/aromatic N) is 1. The number of hydrogen-bond acceptors (Lipinski definition) is 5. The van der Waals surface area contributed by atoms with Crippen molar-refractivity contribution in [1.82, 2.24) is 0 Å². The monoisotopic (exact) mass is 325 g/mol. The molecule has 0 aromatic carbocycles. The van der Waals surface area contributed by atoms with Gasteiger partial charge in [0.15, 0.2) is 5.54 Å². The van der Waals surface area contributed by atoms with Crippen molar-refractivity contribution in [2.24, 2.45) is 10.9 Å². The number of carbonyl (C=O) groups is 2. The van der Waals surface area contributed by atoms with Gasteiger partial charge in [0, 0.05) is 12.6 Å². The fourth-order valence-corrected chi connectivity index (χ4v) is 2.69. The SMILES string of the molecule is CCOC(=O)CCC(C)(N=CC1CCCCC1)C(=O)OC(C)C. The van der Waals surface area contributed by atoms with Crippen LogP contribution in [0.4, 0.5) is 0 Å². The second kappa shape index (κ2) is 9.68. The van der Waals surface area contributed by atoms with E-state index < -0.39 is 5.54 Å². The lowest BCUT2D eigenvalue weighted by Gasteiger charge is -2.25. The van der Waals surface area contributed by atoms with Crippen LogP contribution in [0.3, 0.4) is 0 Å². The van der Waals surface area contributed by atoms with Gasteiger partial charge in [-0.15, -0.1) is 0 Å². The standard InChI is InChI=1S/C18H31NO4/c1-5-22-16(20)11-12-18(4,17(21)23-14(2)3)19-13-15-9-7-6-8-10-15/h13-15H,5-12H2,1-4H3. The molecule has 1 saturated carbocycles. The minimum atomic E-state index is -1.02. The second-order valence-corrected chi connectivity index (χ2v) is 6.71. The predicted molar refractivity (Wildman–Crippen MR) is 90.6 cm³/mol. The molecule has 1 aliphatic rings. The first-order valence-corrected chi connectivity index (χ1v) is 8.79. The maximum Gasteiger partial charge on any atom is 0.333 e. The lowest BCUT2D eigenvalue weighted by atomic mass is 9.89. The molecule has 5 nitrogen and oxygen atoms in total. The van der Waals surface area contributed by atoms with Gasteiger partial charge in [-0.3, -0.25) is 9.79 Å². The number of esters is 2. The van der Waals surface area contributed by atoms with Gasteiger partial charge in [0.1, 0.15) is 0 Å². The highest BCUT2D eigenvalue weighted by Crippen LogP contribution is 2.25. The number of hydrogen-bond donors (Lipinski definition) is 0. The average Bonchev–Trinajstić information content (AvgIpc) is 2.51. The molecule has 0 bridgehead atoms. The Kier molecular flexibility index (Phi) is 8.28. The minimum absolute atomic E-state index is 0.166. The van der Waals surface area contributed by atoms with Gasteiger partial charge in [-0.25, -0.2) is 4.79 Å². The van der Waals surface area contributed by atoms with Crippen LogP contribution in [0, 0.1) is 5.92 Å². The summed E-state index contributed by atoms with van der Waals surface area (Å²) >= 11 is 0. The summed E-state index contributed by atoms with van der Waals surface area (Å²) in [6, 6.07) is 0. The molecule has 1 rings (SSSR count). The number of ether oxygens (including phenoxy) is 2. The molecule has 0 radical (unpaired) electrons. The Bertz CT molecular complexity index is 413. The molecule has 0 amide bonds. The Hall–Kier alpha value is -1.39. The molecule has 1 aliphatic carbocycles. The lowest BCUT2D eigenvalue weighted by molar-refractivity contribution is -0.154. The Morgan fingerprint density at radius 1 is 1.26 bits per heavy atom. The topological polar surface area (TPSA) is 65.0 Å². The summed E-state index contributed by atoms with van der Waals surface area (Å²) < 4.78 is 10.3. The van der Waals surface area contributed by atoms with E-state index in [1.807, 2.05) is 20.1 Å². The van der Waals surface area contributed by atoms with Crippen LogP contribution in [0.15, 0.2) is 4.99 Å². The van der Waals surface area contributed by atoms with Crippen LogP contribution < -0.4 is 0 Å².